The molecule has 3 aromatic carbocycles. The Morgan fingerprint density at radius 1 is 0.875 bits per heavy atom. The molecule has 0 aliphatic rings. The van der Waals surface area contributed by atoms with E-state index in [0.717, 1.165) is 28.9 Å². The van der Waals surface area contributed by atoms with Crippen molar-refractivity contribution >= 4 is 11.8 Å². The van der Waals surface area contributed by atoms with Gasteiger partial charge in [-0.05, 0) is 35.2 Å². The maximum absolute atomic E-state index is 13.6. The van der Waals surface area contributed by atoms with Gasteiger partial charge in [-0.3, -0.25) is 9.59 Å². The van der Waals surface area contributed by atoms with E-state index in [1.807, 2.05) is 91.9 Å². The SMILES string of the molecule is CCCNC(=O)[C@@H](c1ccccc1)N(Cc1ccc(OC)cc1)C(=O)Cc1ccccc1. The third-order valence-electron chi connectivity index (χ3n) is 5.26. The highest BCUT2D eigenvalue weighted by atomic mass is 16.5. The second-order valence-corrected chi connectivity index (χ2v) is 7.64. The lowest BCUT2D eigenvalue weighted by atomic mass is 10.0. The van der Waals surface area contributed by atoms with E-state index in [1.54, 1.807) is 12.0 Å². The molecule has 0 saturated carbocycles. The molecule has 0 radical (unpaired) electrons. The van der Waals surface area contributed by atoms with Crippen LogP contribution in [0.15, 0.2) is 84.9 Å². The number of ether oxygens (including phenoxy) is 1. The summed E-state index contributed by atoms with van der Waals surface area (Å²) in [5.41, 5.74) is 2.63. The molecule has 1 N–H and O–H groups in total. The van der Waals surface area contributed by atoms with E-state index in [-0.39, 0.29) is 18.2 Å². The quantitative estimate of drug-likeness (QED) is 0.514. The van der Waals surface area contributed by atoms with E-state index >= 15 is 0 Å². The molecule has 0 heterocycles. The van der Waals surface area contributed by atoms with Gasteiger partial charge in [0.05, 0.1) is 13.5 Å². The number of nitrogens with zero attached hydrogens (tertiary/aromatic N) is 1. The minimum absolute atomic E-state index is 0.104. The summed E-state index contributed by atoms with van der Waals surface area (Å²) in [7, 11) is 1.62. The molecule has 0 saturated heterocycles. The van der Waals surface area contributed by atoms with Crippen LogP contribution in [-0.2, 0) is 22.6 Å². The second kappa shape index (κ2) is 11.7. The standard InChI is InChI=1S/C27H30N2O3/c1-3-18-28-27(31)26(23-12-8-5-9-13-23)29(20-22-14-16-24(32-2)17-15-22)25(30)19-21-10-6-4-7-11-21/h4-17,26H,3,18-20H2,1-2H3,(H,28,31)/t26-/m1/s1. The number of benzene rings is 3. The number of hydrogen-bond acceptors (Lipinski definition) is 3. The van der Waals surface area contributed by atoms with Crippen LogP contribution in [-0.4, -0.2) is 30.4 Å². The fourth-order valence-electron chi connectivity index (χ4n) is 3.58. The summed E-state index contributed by atoms with van der Waals surface area (Å²) in [6, 6.07) is 26.0. The van der Waals surface area contributed by atoms with Gasteiger partial charge in [-0.2, -0.15) is 0 Å². The molecule has 3 rings (SSSR count). The molecule has 0 aliphatic carbocycles. The van der Waals surface area contributed by atoms with Crippen molar-refractivity contribution in [1.82, 2.24) is 10.2 Å². The van der Waals surface area contributed by atoms with Crippen LogP contribution in [0.3, 0.4) is 0 Å². The van der Waals surface area contributed by atoms with Crippen LogP contribution in [0, 0.1) is 0 Å². The number of methoxy groups -OCH3 is 1. The maximum atomic E-state index is 13.6. The van der Waals surface area contributed by atoms with Crippen molar-refractivity contribution in [3.05, 3.63) is 102 Å². The van der Waals surface area contributed by atoms with Crippen molar-refractivity contribution < 1.29 is 14.3 Å². The first-order valence-corrected chi connectivity index (χ1v) is 10.9. The zero-order chi connectivity index (χ0) is 22.8. The average Bonchev–Trinajstić information content (AvgIpc) is 2.84. The molecule has 0 spiro atoms. The monoisotopic (exact) mass is 430 g/mol. The predicted molar refractivity (Wildman–Crippen MR) is 126 cm³/mol. The number of amides is 2. The summed E-state index contributed by atoms with van der Waals surface area (Å²) in [5.74, 6) is 0.469. The number of carbonyl (C=O) groups is 2. The zero-order valence-corrected chi connectivity index (χ0v) is 18.7. The van der Waals surface area contributed by atoms with Gasteiger partial charge in [-0.1, -0.05) is 79.7 Å². The highest BCUT2D eigenvalue weighted by molar-refractivity contribution is 5.89. The normalized spacial score (nSPS) is 11.4. The van der Waals surface area contributed by atoms with Crippen LogP contribution >= 0.6 is 0 Å². The minimum atomic E-state index is -0.721. The summed E-state index contributed by atoms with van der Waals surface area (Å²) >= 11 is 0. The summed E-state index contributed by atoms with van der Waals surface area (Å²) in [5, 5.41) is 2.98. The Balaban J connectivity index is 1.97. The van der Waals surface area contributed by atoms with Crippen LogP contribution in [0.25, 0.3) is 0 Å². The number of hydrogen-bond donors (Lipinski definition) is 1. The largest absolute Gasteiger partial charge is 0.497 e. The van der Waals surface area contributed by atoms with Gasteiger partial charge >= 0.3 is 0 Å². The van der Waals surface area contributed by atoms with Crippen molar-refractivity contribution in [2.24, 2.45) is 0 Å². The van der Waals surface area contributed by atoms with Crippen molar-refractivity contribution in [1.29, 1.82) is 0 Å². The number of nitrogens with one attached hydrogen (secondary N) is 1. The maximum Gasteiger partial charge on any atom is 0.247 e. The van der Waals surface area contributed by atoms with Crippen molar-refractivity contribution in [3.63, 3.8) is 0 Å². The van der Waals surface area contributed by atoms with Crippen LogP contribution in [0.1, 0.15) is 36.1 Å². The molecule has 1 atom stereocenters. The van der Waals surface area contributed by atoms with Crippen molar-refractivity contribution in [2.75, 3.05) is 13.7 Å². The fourth-order valence-corrected chi connectivity index (χ4v) is 3.58. The van der Waals surface area contributed by atoms with Crippen LogP contribution in [0.4, 0.5) is 0 Å². The first-order chi connectivity index (χ1) is 15.6. The van der Waals surface area contributed by atoms with Crippen LogP contribution in [0.2, 0.25) is 0 Å². The minimum Gasteiger partial charge on any atom is -0.497 e. The summed E-state index contributed by atoms with van der Waals surface area (Å²) < 4.78 is 5.26. The summed E-state index contributed by atoms with van der Waals surface area (Å²) in [6.07, 6.45) is 1.05. The molecule has 3 aromatic rings. The molecule has 32 heavy (non-hydrogen) atoms. The highest BCUT2D eigenvalue weighted by Gasteiger charge is 2.31. The molecule has 2 amide bonds. The molecule has 0 aromatic heterocycles. The van der Waals surface area contributed by atoms with Gasteiger partial charge in [0.25, 0.3) is 0 Å². The molecule has 5 heteroatoms. The van der Waals surface area contributed by atoms with Gasteiger partial charge < -0.3 is 15.0 Å². The van der Waals surface area contributed by atoms with Gasteiger partial charge in [0, 0.05) is 13.1 Å². The van der Waals surface area contributed by atoms with Gasteiger partial charge in [-0.15, -0.1) is 0 Å². The smallest absolute Gasteiger partial charge is 0.247 e. The van der Waals surface area contributed by atoms with E-state index in [0.29, 0.717) is 13.1 Å². The lowest BCUT2D eigenvalue weighted by molar-refractivity contribution is -0.141. The Morgan fingerprint density at radius 2 is 1.50 bits per heavy atom. The van der Waals surface area contributed by atoms with E-state index in [2.05, 4.69) is 5.32 Å². The fraction of sp³-hybridized carbons (Fsp3) is 0.259. The Morgan fingerprint density at radius 3 is 2.09 bits per heavy atom. The van der Waals surface area contributed by atoms with Crippen LogP contribution in [0.5, 0.6) is 5.75 Å². The van der Waals surface area contributed by atoms with Gasteiger partial charge in [-0.25, -0.2) is 0 Å². The molecule has 166 valence electrons. The molecular formula is C27H30N2O3. The Bertz CT molecular complexity index is 988. The third-order valence-corrected chi connectivity index (χ3v) is 5.26. The lowest BCUT2D eigenvalue weighted by Crippen LogP contribution is -2.44. The predicted octanol–water partition coefficient (Wildman–Crippen LogP) is 4.53. The Kier molecular flexibility index (Phi) is 8.44. The van der Waals surface area contributed by atoms with E-state index in [9.17, 15) is 9.59 Å². The van der Waals surface area contributed by atoms with E-state index < -0.39 is 6.04 Å². The highest BCUT2D eigenvalue weighted by Crippen LogP contribution is 2.25. The van der Waals surface area contributed by atoms with Gasteiger partial charge in [0.15, 0.2) is 0 Å². The number of rotatable bonds is 10. The lowest BCUT2D eigenvalue weighted by Gasteiger charge is -2.32. The first-order valence-electron chi connectivity index (χ1n) is 10.9. The third kappa shape index (κ3) is 6.20. The topological polar surface area (TPSA) is 58.6 Å². The Labute approximate surface area is 190 Å². The average molecular weight is 431 g/mol. The van der Waals surface area contributed by atoms with Crippen LogP contribution < -0.4 is 10.1 Å². The Hall–Kier alpha value is -3.60. The second-order valence-electron chi connectivity index (χ2n) is 7.64. The van der Waals surface area contributed by atoms with Crippen molar-refractivity contribution in [2.45, 2.75) is 32.4 Å². The molecule has 0 aliphatic heterocycles. The van der Waals surface area contributed by atoms with Crippen molar-refractivity contribution in [3.8, 4) is 5.75 Å². The molecule has 0 fully saturated rings. The van der Waals surface area contributed by atoms with Gasteiger partial charge in [0.2, 0.25) is 11.8 Å². The summed E-state index contributed by atoms with van der Waals surface area (Å²) in [6.45, 7) is 2.88. The van der Waals surface area contributed by atoms with E-state index in [4.69, 9.17) is 4.74 Å². The molecule has 5 nitrogen and oxygen atoms in total. The molecule has 0 bridgehead atoms. The van der Waals surface area contributed by atoms with E-state index in [1.165, 1.54) is 0 Å². The zero-order valence-electron chi connectivity index (χ0n) is 18.7. The molecular weight excluding hydrogens is 400 g/mol. The first kappa shape index (κ1) is 23.1. The molecule has 0 unspecified atom stereocenters. The summed E-state index contributed by atoms with van der Waals surface area (Å²) in [4.78, 5) is 28.5. The van der Waals surface area contributed by atoms with Gasteiger partial charge in [0.1, 0.15) is 11.8 Å². The number of carbonyl (C=O) groups excluding carboxylic acids is 2.